The summed E-state index contributed by atoms with van der Waals surface area (Å²) in [5.74, 6) is 0.464. The standard InChI is InChI=1S/C28H34N4O4S/c1-18-10-11-21(19(2)14-18)17-32(28(34)23-16-29-37-31-23)26(27(33)30-22-8-6-5-7-9-22)20-12-13-24(35-3)25(15-20)36-4/h10-16,22,26H,5-9,17H2,1-4H3,(H,30,33)/t26-/m1/s1. The van der Waals surface area contributed by atoms with Crippen molar-refractivity contribution in [3.05, 3.63) is 70.5 Å². The van der Waals surface area contributed by atoms with E-state index in [1.807, 2.05) is 32.0 Å². The first kappa shape index (κ1) is 26.6. The molecule has 1 N–H and O–H groups in total. The average Bonchev–Trinajstić information content (AvgIpc) is 3.45. The molecule has 1 heterocycles. The minimum atomic E-state index is -0.906. The molecule has 9 heteroatoms. The van der Waals surface area contributed by atoms with Crippen LogP contribution in [0.3, 0.4) is 0 Å². The van der Waals surface area contributed by atoms with E-state index in [1.54, 1.807) is 31.3 Å². The highest BCUT2D eigenvalue weighted by Crippen LogP contribution is 2.34. The van der Waals surface area contributed by atoms with E-state index in [-0.39, 0.29) is 30.1 Å². The molecule has 8 nitrogen and oxygen atoms in total. The summed E-state index contributed by atoms with van der Waals surface area (Å²) >= 11 is 0.968. The first-order valence-corrected chi connectivity index (χ1v) is 13.3. The van der Waals surface area contributed by atoms with Gasteiger partial charge in [-0.15, -0.1) is 0 Å². The second kappa shape index (κ2) is 12.2. The normalized spacial score (nSPS) is 14.6. The summed E-state index contributed by atoms with van der Waals surface area (Å²) in [6, 6.07) is 10.6. The van der Waals surface area contributed by atoms with Crippen molar-refractivity contribution in [2.75, 3.05) is 14.2 Å². The second-order valence-electron chi connectivity index (χ2n) is 9.52. The number of aryl methyl sites for hydroxylation is 2. The van der Waals surface area contributed by atoms with E-state index in [1.165, 1.54) is 12.6 Å². The van der Waals surface area contributed by atoms with E-state index in [9.17, 15) is 9.59 Å². The quantitative estimate of drug-likeness (QED) is 0.425. The van der Waals surface area contributed by atoms with Gasteiger partial charge in [0.2, 0.25) is 5.91 Å². The van der Waals surface area contributed by atoms with Crippen molar-refractivity contribution >= 4 is 23.5 Å². The molecule has 1 saturated carbocycles. The van der Waals surface area contributed by atoms with E-state index in [2.05, 4.69) is 20.1 Å². The van der Waals surface area contributed by atoms with Crippen LogP contribution in [0.15, 0.2) is 42.6 Å². The van der Waals surface area contributed by atoms with Gasteiger partial charge < -0.3 is 19.7 Å². The van der Waals surface area contributed by atoms with Crippen molar-refractivity contribution in [3.63, 3.8) is 0 Å². The Morgan fingerprint density at radius 1 is 1.05 bits per heavy atom. The molecule has 3 aromatic rings. The number of nitrogens with zero attached hydrogens (tertiary/aromatic N) is 3. The third kappa shape index (κ3) is 6.28. The van der Waals surface area contributed by atoms with E-state index in [0.29, 0.717) is 17.1 Å². The minimum absolute atomic E-state index is 0.0860. The van der Waals surface area contributed by atoms with Gasteiger partial charge in [0.05, 0.1) is 32.1 Å². The van der Waals surface area contributed by atoms with E-state index in [4.69, 9.17) is 9.47 Å². The average molecular weight is 523 g/mol. The molecule has 0 bridgehead atoms. The summed E-state index contributed by atoms with van der Waals surface area (Å²) in [4.78, 5) is 29.5. The smallest absolute Gasteiger partial charge is 0.276 e. The Bertz CT molecular complexity index is 1220. The van der Waals surface area contributed by atoms with Crippen LogP contribution in [0.1, 0.15) is 70.9 Å². The lowest BCUT2D eigenvalue weighted by Crippen LogP contribution is -2.47. The summed E-state index contributed by atoms with van der Waals surface area (Å²) in [6.07, 6.45) is 6.67. The van der Waals surface area contributed by atoms with Gasteiger partial charge in [-0.1, -0.05) is 49.1 Å². The topological polar surface area (TPSA) is 93.7 Å². The first-order chi connectivity index (χ1) is 17.9. The molecule has 0 unspecified atom stereocenters. The number of hydrogen-bond donors (Lipinski definition) is 1. The third-order valence-electron chi connectivity index (χ3n) is 6.91. The van der Waals surface area contributed by atoms with Crippen LogP contribution >= 0.6 is 11.7 Å². The summed E-state index contributed by atoms with van der Waals surface area (Å²) < 4.78 is 19.2. The van der Waals surface area contributed by atoms with E-state index < -0.39 is 6.04 Å². The summed E-state index contributed by atoms with van der Waals surface area (Å²) in [5.41, 5.74) is 3.98. The van der Waals surface area contributed by atoms with Gasteiger partial charge in [0.25, 0.3) is 5.91 Å². The van der Waals surface area contributed by atoms with E-state index in [0.717, 1.165) is 54.1 Å². The van der Waals surface area contributed by atoms with Crippen LogP contribution in [0.4, 0.5) is 0 Å². The molecular formula is C28H34N4O4S. The van der Waals surface area contributed by atoms with Crippen LogP contribution in [0.25, 0.3) is 0 Å². The third-order valence-corrected chi connectivity index (χ3v) is 7.39. The Morgan fingerprint density at radius 3 is 2.46 bits per heavy atom. The lowest BCUT2D eigenvalue weighted by molar-refractivity contribution is -0.127. The van der Waals surface area contributed by atoms with Crippen LogP contribution in [0, 0.1) is 13.8 Å². The fourth-order valence-corrected chi connectivity index (χ4v) is 5.32. The SMILES string of the molecule is COc1ccc([C@H](C(=O)NC2CCCCC2)N(Cc2ccc(C)cc2C)C(=O)c2cnsn2)cc1OC. The zero-order valence-corrected chi connectivity index (χ0v) is 22.6. The molecule has 1 fully saturated rings. The van der Waals surface area contributed by atoms with E-state index >= 15 is 0 Å². The van der Waals surface area contributed by atoms with Crippen LogP contribution in [-0.2, 0) is 11.3 Å². The Hall–Kier alpha value is -3.46. The number of methoxy groups -OCH3 is 2. The zero-order valence-electron chi connectivity index (χ0n) is 21.8. The second-order valence-corrected chi connectivity index (χ2v) is 10.1. The monoisotopic (exact) mass is 522 g/mol. The molecule has 0 aliphatic heterocycles. The lowest BCUT2D eigenvalue weighted by Gasteiger charge is -2.33. The summed E-state index contributed by atoms with van der Waals surface area (Å²) in [7, 11) is 3.12. The number of carbonyl (C=O) groups excluding carboxylic acids is 2. The number of rotatable bonds is 9. The van der Waals surface area contributed by atoms with Gasteiger partial charge in [-0.25, -0.2) is 0 Å². The van der Waals surface area contributed by atoms with Crippen LogP contribution in [0.2, 0.25) is 0 Å². The number of nitrogens with one attached hydrogen (secondary N) is 1. The van der Waals surface area contributed by atoms with Crippen molar-refractivity contribution in [2.24, 2.45) is 0 Å². The number of ether oxygens (including phenoxy) is 2. The number of carbonyl (C=O) groups is 2. The number of benzene rings is 2. The van der Waals surface area contributed by atoms with Gasteiger partial charge in [0.15, 0.2) is 17.2 Å². The van der Waals surface area contributed by atoms with Crippen LogP contribution < -0.4 is 14.8 Å². The van der Waals surface area contributed by atoms with Crippen molar-refractivity contribution in [1.29, 1.82) is 0 Å². The minimum Gasteiger partial charge on any atom is -0.493 e. The highest BCUT2D eigenvalue weighted by molar-refractivity contribution is 6.99. The molecule has 1 aromatic heterocycles. The summed E-state index contributed by atoms with van der Waals surface area (Å²) in [5, 5.41) is 3.24. The van der Waals surface area contributed by atoms with Crippen molar-refractivity contribution in [1.82, 2.24) is 19.0 Å². The van der Waals surface area contributed by atoms with Crippen molar-refractivity contribution < 1.29 is 19.1 Å². The number of amides is 2. The Labute approximate surface area is 222 Å². The largest absolute Gasteiger partial charge is 0.493 e. The summed E-state index contributed by atoms with van der Waals surface area (Å²) in [6.45, 7) is 4.28. The van der Waals surface area contributed by atoms with Gasteiger partial charge in [-0.05, 0) is 55.5 Å². The van der Waals surface area contributed by atoms with Gasteiger partial charge in [-0.3, -0.25) is 9.59 Å². The fourth-order valence-electron chi connectivity index (χ4n) is 4.92. The van der Waals surface area contributed by atoms with Gasteiger partial charge in [-0.2, -0.15) is 8.75 Å². The van der Waals surface area contributed by atoms with Gasteiger partial charge in [0, 0.05) is 12.6 Å². The number of hydrogen-bond acceptors (Lipinski definition) is 7. The van der Waals surface area contributed by atoms with Crippen molar-refractivity contribution in [3.8, 4) is 11.5 Å². The predicted octanol–water partition coefficient (Wildman–Crippen LogP) is 5.00. The van der Waals surface area contributed by atoms with Gasteiger partial charge in [0.1, 0.15) is 6.04 Å². The molecule has 1 aliphatic rings. The molecule has 0 spiro atoms. The first-order valence-electron chi connectivity index (χ1n) is 12.6. The highest BCUT2D eigenvalue weighted by Gasteiger charge is 2.35. The maximum absolute atomic E-state index is 14.0. The highest BCUT2D eigenvalue weighted by atomic mass is 32.1. The molecular weight excluding hydrogens is 488 g/mol. The van der Waals surface area contributed by atoms with Crippen LogP contribution in [0.5, 0.6) is 11.5 Å². The molecule has 0 radical (unpaired) electrons. The van der Waals surface area contributed by atoms with Crippen LogP contribution in [-0.4, -0.2) is 45.7 Å². The molecule has 1 atom stereocenters. The molecule has 196 valence electrons. The fraction of sp³-hybridized carbons (Fsp3) is 0.429. The maximum atomic E-state index is 14.0. The molecule has 1 aliphatic carbocycles. The molecule has 2 aromatic carbocycles. The maximum Gasteiger partial charge on any atom is 0.276 e. The Balaban J connectivity index is 1.80. The Morgan fingerprint density at radius 2 is 1.81 bits per heavy atom. The Kier molecular flexibility index (Phi) is 8.76. The zero-order chi connectivity index (χ0) is 26.4. The number of aromatic nitrogens is 2. The van der Waals surface area contributed by atoms with Gasteiger partial charge >= 0.3 is 0 Å². The molecule has 37 heavy (non-hydrogen) atoms. The molecule has 0 saturated heterocycles. The van der Waals surface area contributed by atoms with Crippen molar-refractivity contribution in [2.45, 2.75) is 64.6 Å². The molecule has 2 amide bonds. The predicted molar refractivity (Wildman–Crippen MR) is 143 cm³/mol. The molecule has 4 rings (SSSR count). The lowest BCUT2D eigenvalue weighted by atomic mass is 9.94.